The van der Waals surface area contributed by atoms with Crippen LogP contribution in [0, 0.1) is 17.3 Å². The van der Waals surface area contributed by atoms with E-state index < -0.39 is 0 Å². The minimum absolute atomic E-state index is 0.132. The standard InChI is InChI=1S/C22H27N3O/c23-16-11-22(12-16)9-15(10-22)19-17-3-1-2-4-18(17)21(26)25(24-19)20(13-5-6-13)14-7-8-14/h1-4,13-16,20H,5-12,23H2/t15-,16-,22?. The van der Waals surface area contributed by atoms with Gasteiger partial charge in [-0.2, -0.15) is 5.10 Å². The van der Waals surface area contributed by atoms with Gasteiger partial charge in [-0.3, -0.25) is 4.79 Å². The molecule has 4 aliphatic rings. The smallest absolute Gasteiger partial charge is 0.274 e. The minimum atomic E-state index is 0.132. The molecule has 1 heterocycles. The summed E-state index contributed by atoms with van der Waals surface area (Å²) in [6, 6.07) is 8.90. The highest BCUT2D eigenvalue weighted by molar-refractivity contribution is 5.84. The fourth-order valence-corrected chi connectivity index (χ4v) is 5.96. The highest BCUT2D eigenvalue weighted by Crippen LogP contribution is 2.61. The minimum Gasteiger partial charge on any atom is -0.328 e. The molecule has 1 aromatic heterocycles. The first kappa shape index (κ1) is 15.4. The van der Waals surface area contributed by atoms with Crippen LogP contribution >= 0.6 is 0 Å². The Balaban J connectivity index is 1.44. The van der Waals surface area contributed by atoms with Crippen molar-refractivity contribution in [1.82, 2.24) is 9.78 Å². The summed E-state index contributed by atoms with van der Waals surface area (Å²) >= 11 is 0. The topological polar surface area (TPSA) is 60.9 Å². The maximum absolute atomic E-state index is 13.2. The van der Waals surface area contributed by atoms with Crippen molar-refractivity contribution < 1.29 is 0 Å². The van der Waals surface area contributed by atoms with Crippen LogP contribution in [-0.2, 0) is 0 Å². The number of hydrogen-bond acceptors (Lipinski definition) is 3. The molecule has 0 bridgehead atoms. The summed E-state index contributed by atoms with van der Waals surface area (Å²) in [6.45, 7) is 0. The van der Waals surface area contributed by atoms with Gasteiger partial charge in [-0.15, -0.1) is 0 Å². The van der Waals surface area contributed by atoms with Crippen molar-refractivity contribution in [3.05, 3.63) is 40.3 Å². The largest absolute Gasteiger partial charge is 0.328 e. The van der Waals surface area contributed by atoms with Gasteiger partial charge in [0.25, 0.3) is 5.56 Å². The number of nitrogens with zero attached hydrogens (tertiary/aromatic N) is 2. The lowest BCUT2D eigenvalue weighted by atomic mass is 9.49. The average Bonchev–Trinajstić information content (AvgIpc) is 3.47. The van der Waals surface area contributed by atoms with Gasteiger partial charge in [-0.05, 0) is 74.7 Å². The van der Waals surface area contributed by atoms with Crippen molar-refractivity contribution in [3.8, 4) is 0 Å². The Kier molecular flexibility index (Phi) is 3.07. The fraction of sp³-hybridized carbons (Fsp3) is 0.636. The van der Waals surface area contributed by atoms with Crippen molar-refractivity contribution in [1.29, 1.82) is 0 Å². The van der Waals surface area contributed by atoms with Crippen molar-refractivity contribution in [3.63, 3.8) is 0 Å². The molecule has 0 aliphatic heterocycles. The van der Waals surface area contributed by atoms with E-state index in [1.165, 1.54) is 57.1 Å². The summed E-state index contributed by atoms with van der Waals surface area (Å²) in [4.78, 5) is 13.2. The van der Waals surface area contributed by atoms with Crippen LogP contribution in [0.3, 0.4) is 0 Å². The Morgan fingerprint density at radius 2 is 1.62 bits per heavy atom. The van der Waals surface area contributed by atoms with E-state index in [9.17, 15) is 4.79 Å². The second kappa shape index (κ2) is 5.19. The van der Waals surface area contributed by atoms with Gasteiger partial charge < -0.3 is 5.73 Å². The van der Waals surface area contributed by atoms with Crippen molar-refractivity contribution in [2.45, 2.75) is 69.4 Å². The maximum Gasteiger partial charge on any atom is 0.274 e. The van der Waals surface area contributed by atoms with Gasteiger partial charge in [-0.1, -0.05) is 18.2 Å². The fourth-order valence-electron chi connectivity index (χ4n) is 5.96. The van der Waals surface area contributed by atoms with E-state index in [-0.39, 0.29) is 5.56 Å². The van der Waals surface area contributed by atoms with E-state index in [2.05, 4.69) is 6.07 Å². The lowest BCUT2D eigenvalue weighted by Gasteiger charge is -2.57. The first-order chi connectivity index (χ1) is 12.6. The summed E-state index contributed by atoms with van der Waals surface area (Å²) < 4.78 is 1.92. The van der Waals surface area contributed by atoms with Gasteiger partial charge in [0, 0.05) is 17.3 Å². The van der Waals surface area contributed by atoms with Crippen LogP contribution < -0.4 is 11.3 Å². The molecule has 26 heavy (non-hydrogen) atoms. The van der Waals surface area contributed by atoms with Crippen molar-refractivity contribution >= 4 is 10.8 Å². The van der Waals surface area contributed by atoms with Crippen LogP contribution in [0.4, 0.5) is 0 Å². The lowest BCUT2D eigenvalue weighted by Crippen LogP contribution is -2.52. The van der Waals surface area contributed by atoms with Gasteiger partial charge >= 0.3 is 0 Å². The molecule has 4 aliphatic carbocycles. The van der Waals surface area contributed by atoms with Gasteiger partial charge in [0.2, 0.25) is 0 Å². The molecule has 1 spiro atoms. The molecule has 0 atom stereocenters. The molecule has 4 fully saturated rings. The summed E-state index contributed by atoms with van der Waals surface area (Å²) in [5.41, 5.74) is 7.84. The van der Waals surface area contributed by atoms with Crippen molar-refractivity contribution in [2.24, 2.45) is 23.0 Å². The average molecular weight is 349 g/mol. The van der Waals surface area contributed by atoms with Crippen LogP contribution in [0.15, 0.2) is 29.1 Å². The van der Waals surface area contributed by atoms with Crippen molar-refractivity contribution in [2.75, 3.05) is 0 Å². The normalized spacial score (nSPS) is 33.5. The van der Waals surface area contributed by atoms with Crippen LogP contribution in [0.2, 0.25) is 0 Å². The third-order valence-electron chi connectivity index (χ3n) is 7.49. The van der Waals surface area contributed by atoms with Gasteiger partial charge in [0.05, 0.1) is 17.1 Å². The highest BCUT2D eigenvalue weighted by Gasteiger charge is 2.53. The number of nitrogens with two attached hydrogens (primary N) is 1. The van der Waals surface area contributed by atoms with E-state index in [0.29, 0.717) is 35.3 Å². The zero-order chi connectivity index (χ0) is 17.5. The van der Waals surface area contributed by atoms with Gasteiger partial charge in [0.1, 0.15) is 0 Å². The molecule has 0 unspecified atom stereocenters. The number of benzene rings is 1. The molecule has 4 nitrogen and oxygen atoms in total. The van der Waals surface area contributed by atoms with E-state index in [1.54, 1.807) is 0 Å². The highest BCUT2D eigenvalue weighted by atomic mass is 16.1. The molecule has 136 valence electrons. The summed E-state index contributed by atoms with van der Waals surface area (Å²) in [5.74, 6) is 1.86. The Morgan fingerprint density at radius 1 is 1.00 bits per heavy atom. The Hall–Kier alpha value is -1.68. The quantitative estimate of drug-likeness (QED) is 0.914. The molecule has 0 radical (unpaired) electrons. The van der Waals surface area contributed by atoms with E-state index in [0.717, 1.165) is 10.8 Å². The van der Waals surface area contributed by atoms with Crippen LogP contribution in [0.1, 0.15) is 69.0 Å². The molecule has 0 amide bonds. The lowest BCUT2D eigenvalue weighted by molar-refractivity contribution is -0.00961. The van der Waals surface area contributed by atoms with Gasteiger partial charge in [-0.25, -0.2) is 4.68 Å². The summed E-state index contributed by atoms with van der Waals surface area (Å²) in [5, 5.41) is 7.02. The SMILES string of the molecule is N[C@H]1CC2(C1)C[C@@H](c1nn(C(C3CC3)C3CC3)c(=O)c3ccccc31)C2. The predicted octanol–water partition coefficient (Wildman–Crippen LogP) is 3.74. The zero-order valence-corrected chi connectivity index (χ0v) is 15.2. The van der Waals surface area contributed by atoms with Crippen LogP contribution in [-0.4, -0.2) is 15.8 Å². The zero-order valence-electron chi connectivity index (χ0n) is 15.2. The molecule has 6 rings (SSSR count). The number of rotatable bonds is 4. The predicted molar refractivity (Wildman–Crippen MR) is 102 cm³/mol. The van der Waals surface area contributed by atoms with Gasteiger partial charge in [0.15, 0.2) is 0 Å². The Bertz CT molecular complexity index is 914. The first-order valence-electron chi connectivity index (χ1n) is 10.4. The van der Waals surface area contributed by atoms with E-state index >= 15 is 0 Å². The summed E-state index contributed by atoms with van der Waals surface area (Å²) in [7, 11) is 0. The van der Waals surface area contributed by atoms with E-state index in [4.69, 9.17) is 10.8 Å². The molecule has 2 N–H and O–H groups in total. The van der Waals surface area contributed by atoms with Crippen LogP contribution in [0.5, 0.6) is 0 Å². The summed E-state index contributed by atoms with van der Waals surface area (Å²) in [6.07, 6.45) is 9.82. The molecule has 4 saturated carbocycles. The Labute approximate surface area is 153 Å². The number of hydrogen-bond donors (Lipinski definition) is 1. The van der Waals surface area contributed by atoms with Crippen LogP contribution in [0.25, 0.3) is 10.8 Å². The second-order valence-corrected chi connectivity index (χ2v) is 9.62. The monoisotopic (exact) mass is 349 g/mol. The maximum atomic E-state index is 13.2. The molecule has 0 saturated heterocycles. The second-order valence-electron chi connectivity index (χ2n) is 9.62. The molecular formula is C22H27N3O. The Morgan fingerprint density at radius 3 is 2.19 bits per heavy atom. The van der Waals surface area contributed by atoms with E-state index in [1.807, 2.05) is 22.9 Å². The first-order valence-corrected chi connectivity index (χ1v) is 10.4. The third-order valence-corrected chi connectivity index (χ3v) is 7.49. The number of aromatic nitrogens is 2. The molecular weight excluding hydrogens is 322 g/mol. The molecule has 4 heteroatoms. The third kappa shape index (κ3) is 2.24. The number of fused-ring (bicyclic) bond motifs is 1. The molecule has 2 aromatic rings. The molecule has 1 aromatic carbocycles.